The van der Waals surface area contributed by atoms with Crippen LogP contribution in [0.1, 0.15) is 25.6 Å². The van der Waals surface area contributed by atoms with Crippen molar-refractivity contribution in [3.63, 3.8) is 0 Å². The molecule has 1 atom stereocenters. The topological polar surface area (TPSA) is 47.3 Å². The molecule has 1 aromatic heterocycles. The lowest BCUT2D eigenvalue weighted by atomic mass is 10.1. The Hall–Kier alpha value is -0.870. The molecule has 0 saturated heterocycles. The van der Waals surface area contributed by atoms with Gasteiger partial charge in [0, 0.05) is 39.1 Å². The van der Waals surface area contributed by atoms with Crippen molar-refractivity contribution in [1.82, 2.24) is 9.55 Å². The molecular formula is C11H20N2O2. The lowest BCUT2D eigenvalue weighted by molar-refractivity contribution is 0.0841. The summed E-state index contributed by atoms with van der Waals surface area (Å²) < 4.78 is 7.17. The Bertz CT molecular complexity index is 273. The average molecular weight is 212 g/mol. The van der Waals surface area contributed by atoms with E-state index in [4.69, 9.17) is 4.74 Å². The van der Waals surface area contributed by atoms with Gasteiger partial charge in [-0.1, -0.05) is 0 Å². The number of hydrogen-bond acceptors (Lipinski definition) is 3. The molecule has 0 spiro atoms. The molecule has 0 aliphatic rings. The fraction of sp³-hybridized carbons (Fsp3) is 0.727. The number of aliphatic hydroxyl groups excluding tert-OH is 1. The molecule has 4 heteroatoms. The molecule has 0 fully saturated rings. The number of aryl methyl sites for hydroxylation is 2. The van der Waals surface area contributed by atoms with Crippen LogP contribution < -0.4 is 0 Å². The van der Waals surface area contributed by atoms with E-state index in [1.165, 1.54) is 0 Å². The molecule has 86 valence electrons. The number of aliphatic hydroxyl groups is 1. The third-order valence-corrected chi connectivity index (χ3v) is 2.42. The monoisotopic (exact) mass is 212 g/mol. The lowest BCUT2D eigenvalue weighted by Crippen LogP contribution is -2.12. The minimum absolute atomic E-state index is 0.284. The summed E-state index contributed by atoms with van der Waals surface area (Å²) in [5, 5.41) is 9.65. The summed E-state index contributed by atoms with van der Waals surface area (Å²) in [6, 6.07) is 0. The highest BCUT2D eigenvalue weighted by Gasteiger charge is 2.06. The van der Waals surface area contributed by atoms with Crippen molar-refractivity contribution in [2.75, 3.05) is 13.2 Å². The van der Waals surface area contributed by atoms with Gasteiger partial charge in [0.15, 0.2) is 0 Å². The van der Waals surface area contributed by atoms with Crippen molar-refractivity contribution in [3.8, 4) is 0 Å². The maximum absolute atomic E-state index is 9.65. The van der Waals surface area contributed by atoms with Gasteiger partial charge in [0.2, 0.25) is 0 Å². The van der Waals surface area contributed by atoms with E-state index in [1.54, 1.807) is 6.20 Å². The maximum Gasteiger partial charge on any atom is 0.108 e. The molecule has 1 unspecified atom stereocenters. The highest BCUT2D eigenvalue weighted by atomic mass is 16.5. The Morgan fingerprint density at radius 3 is 2.93 bits per heavy atom. The van der Waals surface area contributed by atoms with E-state index in [0.29, 0.717) is 19.6 Å². The van der Waals surface area contributed by atoms with Gasteiger partial charge < -0.3 is 14.4 Å². The molecule has 1 rings (SSSR count). The summed E-state index contributed by atoms with van der Waals surface area (Å²) in [5.41, 5.74) is 0. The standard InChI is InChI=1S/C11H20N2O2/c1-3-15-9-6-10(14)4-5-11-12-7-8-13(11)2/h7-8,10,14H,3-6,9H2,1-2H3. The first kappa shape index (κ1) is 12.2. The zero-order chi connectivity index (χ0) is 11.1. The Kier molecular flexibility index (Phi) is 5.36. The predicted molar refractivity (Wildman–Crippen MR) is 58.6 cm³/mol. The van der Waals surface area contributed by atoms with Gasteiger partial charge in [0.1, 0.15) is 5.82 Å². The molecule has 0 radical (unpaired) electrons. The maximum atomic E-state index is 9.65. The molecule has 0 amide bonds. The van der Waals surface area contributed by atoms with Crippen LogP contribution in [0.2, 0.25) is 0 Å². The van der Waals surface area contributed by atoms with Gasteiger partial charge in [-0.2, -0.15) is 0 Å². The minimum Gasteiger partial charge on any atom is -0.393 e. The molecule has 0 aliphatic carbocycles. The fourth-order valence-electron chi connectivity index (χ4n) is 1.44. The summed E-state index contributed by atoms with van der Waals surface area (Å²) in [5.74, 6) is 1.02. The van der Waals surface area contributed by atoms with Gasteiger partial charge in [-0.15, -0.1) is 0 Å². The van der Waals surface area contributed by atoms with Crippen LogP contribution in [0.3, 0.4) is 0 Å². The fourth-order valence-corrected chi connectivity index (χ4v) is 1.44. The SMILES string of the molecule is CCOCCC(O)CCc1nccn1C. The first-order valence-electron chi connectivity index (χ1n) is 5.46. The zero-order valence-corrected chi connectivity index (χ0v) is 9.52. The summed E-state index contributed by atoms with van der Waals surface area (Å²) >= 11 is 0. The Balaban J connectivity index is 2.16. The van der Waals surface area contributed by atoms with Crippen LogP contribution in [0.5, 0.6) is 0 Å². The second kappa shape index (κ2) is 6.58. The number of rotatable bonds is 7. The molecular weight excluding hydrogens is 192 g/mol. The molecule has 1 N–H and O–H groups in total. The van der Waals surface area contributed by atoms with Crippen LogP contribution in [-0.4, -0.2) is 34.0 Å². The van der Waals surface area contributed by atoms with E-state index in [2.05, 4.69) is 4.98 Å². The highest BCUT2D eigenvalue weighted by molar-refractivity contribution is 4.91. The summed E-state index contributed by atoms with van der Waals surface area (Å²) in [4.78, 5) is 4.20. The third kappa shape index (κ3) is 4.44. The van der Waals surface area contributed by atoms with Gasteiger partial charge in [0.25, 0.3) is 0 Å². The summed E-state index contributed by atoms with van der Waals surface area (Å²) in [6.45, 7) is 3.31. The van der Waals surface area contributed by atoms with Crippen LogP contribution in [0.25, 0.3) is 0 Å². The molecule has 4 nitrogen and oxygen atoms in total. The van der Waals surface area contributed by atoms with Crippen molar-refractivity contribution in [3.05, 3.63) is 18.2 Å². The van der Waals surface area contributed by atoms with E-state index in [0.717, 1.165) is 18.7 Å². The van der Waals surface area contributed by atoms with Crippen LogP contribution in [0, 0.1) is 0 Å². The zero-order valence-electron chi connectivity index (χ0n) is 9.52. The first-order chi connectivity index (χ1) is 7.24. The second-order valence-electron chi connectivity index (χ2n) is 3.63. The van der Waals surface area contributed by atoms with E-state index in [-0.39, 0.29) is 6.10 Å². The average Bonchev–Trinajstić information content (AvgIpc) is 2.61. The third-order valence-electron chi connectivity index (χ3n) is 2.42. The number of ether oxygens (including phenoxy) is 1. The minimum atomic E-state index is -0.284. The molecule has 0 aliphatic heterocycles. The van der Waals surface area contributed by atoms with Crippen molar-refractivity contribution in [2.45, 2.75) is 32.3 Å². The predicted octanol–water partition coefficient (Wildman–Crippen LogP) is 1.14. The van der Waals surface area contributed by atoms with Gasteiger partial charge >= 0.3 is 0 Å². The molecule has 0 bridgehead atoms. The van der Waals surface area contributed by atoms with E-state index in [1.807, 2.05) is 24.7 Å². The Labute approximate surface area is 90.9 Å². The smallest absolute Gasteiger partial charge is 0.108 e. The second-order valence-corrected chi connectivity index (χ2v) is 3.63. The number of hydrogen-bond donors (Lipinski definition) is 1. The molecule has 0 saturated carbocycles. The van der Waals surface area contributed by atoms with Crippen LogP contribution in [0.4, 0.5) is 0 Å². The van der Waals surface area contributed by atoms with Crippen molar-refractivity contribution in [1.29, 1.82) is 0 Å². The Morgan fingerprint density at radius 1 is 1.53 bits per heavy atom. The quantitative estimate of drug-likeness (QED) is 0.689. The number of nitrogens with zero attached hydrogens (tertiary/aromatic N) is 2. The first-order valence-corrected chi connectivity index (χ1v) is 5.46. The number of aromatic nitrogens is 2. The van der Waals surface area contributed by atoms with E-state index in [9.17, 15) is 5.11 Å². The van der Waals surface area contributed by atoms with E-state index >= 15 is 0 Å². The van der Waals surface area contributed by atoms with Gasteiger partial charge in [-0.05, 0) is 19.8 Å². The molecule has 0 aromatic carbocycles. The van der Waals surface area contributed by atoms with Gasteiger partial charge in [-0.3, -0.25) is 0 Å². The highest BCUT2D eigenvalue weighted by Crippen LogP contribution is 2.05. The van der Waals surface area contributed by atoms with Crippen LogP contribution in [0.15, 0.2) is 12.4 Å². The van der Waals surface area contributed by atoms with Crippen molar-refractivity contribution < 1.29 is 9.84 Å². The molecule has 1 aromatic rings. The lowest BCUT2D eigenvalue weighted by Gasteiger charge is -2.09. The van der Waals surface area contributed by atoms with Crippen molar-refractivity contribution in [2.24, 2.45) is 7.05 Å². The normalized spacial score (nSPS) is 13.0. The van der Waals surface area contributed by atoms with Crippen molar-refractivity contribution >= 4 is 0 Å². The van der Waals surface area contributed by atoms with E-state index < -0.39 is 0 Å². The van der Waals surface area contributed by atoms with Gasteiger partial charge in [0.05, 0.1) is 6.10 Å². The summed E-state index contributed by atoms with van der Waals surface area (Å²) in [7, 11) is 1.97. The number of imidazole rings is 1. The van der Waals surface area contributed by atoms with Crippen LogP contribution >= 0.6 is 0 Å². The molecule has 15 heavy (non-hydrogen) atoms. The van der Waals surface area contributed by atoms with Crippen LogP contribution in [-0.2, 0) is 18.2 Å². The Morgan fingerprint density at radius 2 is 2.33 bits per heavy atom. The van der Waals surface area contributed by atoms with Gasteiger partial charge in [-0.25, -0.2) is 4.98 Å². The molecule has 1 heterocycles. The largest absolute Gasteiger partial charge is 0.393 e. The summed E-state index contributed by atoms with van der Waals surface area (Å²) in [6.07, 6.45) is 5.69.